The van der Waals surface area contributed by atoms with Gasteiger partial charge < -0.3 is 4.74 Å². The second-order valence-corrected chi connectivity index (χ2v) is 9.17. The van der Waals surface area contributed by atoms with Gasteiger partial charge >= 0.3 is 5.97 Å². The van der Waals surface area contributed by atoms with Gasteiger partial charge in [-0.15, -0.1) is 0 Å². The van der Waals surface area contributed by atoms with Crippen molar-refractivity contribution in [3.63, 3.8) is 0 Å². The molecule has 3 saturated carbocycles. The minimum atomic E-state index is 0.00400. The predicted octanol–water partition coefficient (Wildman–Crippen LogP) is 4.31. The highest BCUT2D eigenvalue weighted by Crippen LogP contribution is 2.66. The molecule has 0 spiro atoms. The van der Waals surface area contributed by atoms with Gasteiger partial charge in [-0.25, -0.2) is 0 Å². The smallest absolute Gasteiger partial charge is 0.309 e. The van der Waals surface area contributed by atoms with Gasteiger partial charge in [-0.3, -0.25) is 9.59 Å². The van der Waals surface area contributed by atoms with Crippen molar-refractivity contribution in [1.82, 2.24) is 0 Å². The molecule has 3 fully saturated rings. The zero-order valence-electron chi connectivity index (χ0n) is 15.3. The fourth-order valence-corrected chi connectivity index (χ4v) is 7.09. The van der Waals surface area contributed by atoms with E-state index in [9.17, 15) is 9.59 Å². The molecule has 4 aliphatic carbocycles. The Morgan fingerprint density at radius 3 is 2.62 bits per heavy atom. The van der Waals surface area contributed by atoms with Gasteiger partial charge in [-0.05, 0) is 79.6 Å². The van der Waals surface area contributed by atoms with Gasteiger partial charge in [0.1, 0.15) is 0 Å². The standard InChI is InChI=1S/C21H30O3/c1-20-10-8-14(22)12-13(20)4-5-15-16-6-7-18(19(23)24-3)21(16,2)11-9-17(15)20/h12,15-18H,4-11H2,1-3H3/t15?,16?,17?,18?,20-,21-/m0/s1. The first-order chi connectivity index (χ1) is 11.4. The first kappa shape index (κ1) is 16.4. The molecule has 4 aliphatic rings. The number of ether oxygens (including phenoxy) is 1. The fourth-order valence-electron chi connectivity index (χ4n) is 7.09. The van der Waals surface area contributed by atoms with E-state index >= 15 is 0 Å². The van der Waals surface area contributed by atoms with Crippen molar-refractivity contribution < 1.29 is 14.3 Å². The lowest BCUT2D eigenvalue weighted by atomic mass is 9.47. The Bertz CT molecular complexity index is 606. The van der Waals surface area contributed by atoms with Crippen LogP contribution in [-0.4, -0.2) is 18.9 Å². The summed E-state index contributed by atoms with van der Waals surface area (Å²) in [5.41, 5.74) is 1.77. The predicted molar refractivity (Wildman–Crippen MR) is 92.2 cm³/mol. The molecule has 0 bridgehead atoms. The first-order valence-electron chi connectivity index (χ1n) is 9.72. The van der Waals surface area contributed by atoms with E-state index in [2.05, 4.69) is 13.8 Å². The number of allylic oxidation sites excluding steroid dienone is 1. The fraction of sp³-hybridized carbons (Fsp3) is 0.810. The number of fused-ring (bicyclic) bond motifs is 5. The summed E-state index contributed by atoms with van der Waals surface area (Å²) >= 11 is 0. The zero-order valence-corrected chi connectivity index (χ0v) is 15.3. The number of rotatable bonds is 1. The summed E-state index contributed by atoms with van der Waals surface area (Å²) < 4.78 is 5.12. The highest BCUT2D eigenvalue weighted by Gasteiger charge is 2.60. The van der Waals surface area contributed by atoms with Crippen molar-refractivity contribution in [2.24, 2.45) is 34.5 Å². The van der Waals surface area contributed by atoms with Crippen molar-refractivity contribution in [2.75, 3.05) is 7.11 Å². The molecular formula is C21H30O3. The van der Waals surface area contributed by atoms with Crippen LogP contribution in [0.4, 0.5) is 0 Å². The molecule has 0 saturated heterocycles. The van der Waals surface area contributed by atoms with Crippen LogP contribution in [0.2, 0.25) is 0 Å². The van der Waals surface area contributed by atoms with Crippen LogP contribution in [0, 0.1) is 34.5 Å². The quantitative estimate of drug-likeness (QED) is 0.673. The maximum atomic E-state index is 12.3. The summed E-state index contributed by atoms with van der Waals surface area (Å²) in [4.78, 5) is 24.2. The van der Waals surface area contributed by atoms with E-state index in [1.807, 2.05) is 6.08 Å². The number of ketones is 1. The largest absolute Gasteiger partial charge is 0.469 e. The first-order valence-corrected chi connectivity index (χ1v) is 9.72. The van der Waals surface area contributed by atoms with Gasteiger partial charge in [0, 0.05) is 6.42 Å². The van der Waals surface area contributed by atoms with Crippen molar-refractivity contribution in [2.45, 2.75) is 65.2 Å². The van der Waals surface area contributed by atoms with E-state index < -0.39 is 0 Å². The molecule has 0 radical (unpaired) electrons. The number of esters is 1. The van der Waals surface area contributed by atoms with Crippen LogP contribution in [0.5, 0.6) is 0 Å². The Kier molecular flexibility index (Phi) is 3.71. The average Bonchev–Trinajstić information content (AvgIpc) is 2.92. The Morgan fingerprint density at radius 2 is 1.88 bits per heavy atom. The van der Waals surface area contributed by atoms with Crippen LogP contribution >= 0.6 is 0 Å². The third-order valence-electron chi connectivity index (χ3n) is 8.45. The summed E-state index contributed by atoms with van der Waals surface area (Å²) in [6.45, 7) is 4.76. The molecule has 0 amide bonds. The van der Waals surface area contributed by atoms with Crippen molar-refractivity contribution in [1.29, 1.82) is 0 Å². The van der Waals surface area contributed by atoms with Crippen molar-refractivity contribution in [3.05, 3.63) is 11.6 Å². The Balaban J connectivity index is 1.65. The highest BCUT2D eigenvalue weighted by atomic mass is 16.5. The Labute approximate surface area is 145 Å². The van der Waals surface area contributed by atoms with Crippen LogP contribution in [0.25, 0.3) is 0 Å². The minimum Gasteiger partial charge on any atom is -0.469 e. The molecule has 3 nitrogen and oxygen atoms in total. The second-order valence-electron chi connectivity index (χ2n) is 9.17. The molecule has 4 rings (SSSR count). The summed E-state index contributed by atoms with van der Waals surface area (Å²) in [5, 5.41) is 0. The zero-order chi connectivity index (χ0) is 17.1. The lowest BCUT2D eigenvalue weighted by Gasteiger charge is -2.57. The number of carbonyl (C=O) groups is 2. The summed E-state index contributed by atoms with van der Waals surface area (Å²) in [7, 11) is 1.53. The van der Waals surface area contributed by atoms with E-state index in [-0.39, 0.29) is 22.7 Å². The lowest BCUT2D eigenvalue weighted by molar-refractivity contribution is -0.152. The van der Waals surface area contributed by atoms with Crippen LogP contribution in [0.3, 0.4) is 0 Å². The maximum Gasteiger partial charge on any atom is 0.309 e. The highest BCUT2D eigenvalue weighted by molar-refractivity contribution is 5.91. The maximum absolute atomic E-state index is 12.3. The molecule has 4 unspecified atom stereocenters. The third kappa shape index (κ3) is 2.09. The summed E-state index contributed by atoms with van der Waals surface area (Å²) in [5.74, 6) is 2.48. The lowest BCUT2D eigenvalue weighted by Crippen LogP contribution is -2.51. The third-order valence-corrected chi connectivity index (χ3v) is 8.45. The molecule has 0 aliphatic heterocycles. The molecule has 0 N–H and O–H groups in total. The molecule has 0 aromatic rings. The second kappa shape index (κ2) is 5.44. The van der Waals surface area contributed by atoms with Gasteiger partial charge in [0.25, 0.3) is 0 Å². The van der Waals surface area contributed by atoms with Gasteiger partial charge in [0.05, 0.1) is 13.0 Å². The minimum absolute atomic E-state index is 0.00400. The molecular weight excluding hydrogens is 300 g/mol. The summed E-state index contributed by atoms with van der Waals surface area (Å²) in [6, 6.07) is 0. The normalized spacial score (nSPS) is 47.3. The molecule has 3 heteroatoms. The van der Waals surface area contributed by atoms with Gasteiger partial charge in [-0.1, -0.05) is 19.4 Å². The van der Waals surface area contributed by atoms with E-state index in [0.29, 0.717) is 23.5 Å². The Morgan fingerprint density at radius 1 is 1.08 bits per heavy atom. The van der Waals surface area contributed by atoms with Crippen LogP contribution in [0.1, 0.15) is 65.2 Å². The van der Waals surface area contributed by atoms with E-state index in [1.54, 1.807) is 0 Å². The molecule has 6 atom stereocenters. The monoisotopic (exact) mass is 330 g/mol. The van der Waals surface area contributed by atoms with Gasteiger partial charge in [0.15, 0.2) is 5.78 Å². The van der Waals surface area contributed by atoms with E-state index in [1.165, 1.54) is 31.9 Å². The number of hydrogen-bond donors (Lipinski definition) is 0. The molecule has 0 aromatic carbocycles. The van der Waals surface area contributed by atoms with E-state index in [0.717, 1.165) is 32.1 Å². The van der Waals surface area contributed by atoms with Crippen LogP contribution in [0.15, 0.2) is 11.6 Å². The topological polar surface area (TPSA) is 43.4 Å². The number of methoxy groups -OCH3 is 1. The Hall–Kier alpha value is -1.12. The van der Waals surface area contributed by atoms with Crippen molar-refractivity contribution >= 4 is 11.8 Å². The van der Waals surface area contributed by atoms with Crippen LogP contribution in [-0.2, 0) is 14.3 Å². The molecule has 0 aromatic heterocycles. The SMILES string of the molecule is COC(=O)C1CCC2C3CCC4=CC(=O)CC[C@]4(C)C3CC[C@]12C. The summed E-state index contributed by atoms with van der Waals surface area (Å²) in [6.07, 6.45) is 10.5. The number of hydrogen-bond acceptors (Lipinski definition) is 3. The van der Waals surface area contributed by atoms with Gasteiger partial charge in [-0.2, -0.15) is 0 Å². The van der Waals surface area contributed by atoms with Gasteiger partial charge in [0.2, 0.25) is 0 Å². The average molecular weight is 330 g/mol. The van der Waals surface area contributed by atoms with E-state index in [4.69, 9.17) is 4.74 Å². The molecule has 132 valence electrons. The van der Waals surface area contributed by atoms with Crippen LogP contribution < -0.4 is 0 Å². The molecule has 24 heavy (non-hydrogen) atoms. The number of carbonyl (C=O) groups excluding carboxylic acids is 2. The van der Waals surface area contributed by atoms with Crippen molar-refractivity contribution in [3.8, 4) is 0 Å². The molecule has 0 heterocycles.